The minimum absolute atomic E-state index is 0. The van der Waals surface area contributed by atoms with Crippen molar-refractivity contribution in [3.63, 3.8) is 0 Å². The zero-order chi connectivity index (χ0) is 18.9. The van der Waals surface area contributed by atoms with Crippen molar-refractivity contribution in [2.45, 2.75) is 46.6 Å². The molecular formula is C20H39N5O. The Kier molecular flexibility index (Phi) is 8.45. The van der Waals surface area contributed by atoms with Crippen molar-refractivity contribution in [1.82, 2.24) is 14.8 Å². The van der Waals surface area contributed by atoms with Crippen LogP contribution in [0.5, 0.6) is 5.88 Å². The Morgan fingerprint density at radius 1 is 1.23 bits per heavy atom. The highest BCUT2D eigenvalue weighted by Gasteiger charge is 2.22. The second kappa shape index (κ2) is 10.6. The van der Waals surface area contributed by atoms with Gasteiger partial charge >= 0.3 is 0 Å². The molecule has 2 N–H and O–H groups in total. The maximum absolute atomic E-state index is 6.02. The smallest absolute Gasteiger partial charge is 0.217 e. The molecule has 1 aromatic heterocycles. The average molecular weight is 366 g/mol. The highest BCUT2D eigenvalue weighted by Crippen LogP contribution is 2.23. The zero-order valence-corrected chi connectivity index (χ0v) is 17.1. The zero-order valence-electron chi connectivity index (χ0n) is 17.1. The molecule has 1 atom stereocenters. The molecule has 150 valence electrons. The average Bonchev–Trinajstić information content (AvgIpc) is 2.62. The third kappa shape index (κ3) is 6.02. The van der Waals surface area contributed by atoms with Crippen LogP contribution in [0.1, 0.15) is 42.0 Å². The normalized spacial score (nSPS) is 18.8. The van der Waals surface area contributed by atoms with Gasteiger partial charge in [-0.1, -0.05) is 20.8 Å². The summed E-state index contributed by atoms with van der Waals surface area (Å²) in [5, 5.41) is 0. The first kappa shape index (κ1) is 20.8. The number of aromatic nitrogens is 1. The highest BCUT2D eigenvalue weighted by atomic mass is 16.5. The minimum atomic E-state index is 0. The predicted octanol–water partition coefficient (Wildman–Crippen LogP) is 2.94. The van der Waals surface area contributed by atoms with Crippen LogP contribution in [0.15, 0.2) is 12.1 Å². The first-order valence-electron chi connectivity index (χ1n) is 10.2. The van der Waals surface area contributed by atoms with Crippen LogP contribution < -0.4 is 15.4 Å². The molecule has 6 heteroatoms. The summed E-state index contributed by atoms with van der Waals surface area (Å²) in [6, 6.07) is 4.55. The number of nitrogens with zero attached hydrogens (tertiary/aromatic N) is 4. The summed E-state index contributed by atoms with van der Waals surface area (Å²) in [5.74, 6) is 1.16. The lowest BCUT2D eigenvalue weighted by Crippen LogP contribution is -2.52. The van der Waals surface area contributed by atoms with E-state index in [0.29, 0.717) is 24.3 Å². The Morgan fingerprint density at radius 3 is 2.58 bits per heavy atom. The van der Waals surface area contributed by atoms with Crippen LogP contribution in [0, 0.1) is 0 Å². The van der Waals surface area contributed by atoms with Gasteiger partial charge in [0, 0.05) is 64.6 Å². The number of rotatable bonds is 10. The molecule has 1 saturated heterocycles. The fraction of sp³-hybridized carbons (Fsp3) is 0.750. The Morgan fingerprint density at radius 2 is 1.96 bits per heavy atom. The molecular weight excluding hydrogens is 326 g/mol. The van der Waals surface area contributed by atoms with Gasteiger partial charge in [-0.15, -0.1) is 0 Å². The van der Waals surface area contributed by atoms with Crippen LogP contribution in [0.4, 0.5) is 11.5 Å². The van der Waals surface area contributed by atoms with E-state index in [1.165, 1.54) is 0 Å². The van der Waals surface area contributed by atoms with Crippen LogP contribution in [0.25, 0.3) is 0 Å². The summed E-state index contributed by atoms with van der Waals surface area (Å²) in [4.78, 5) is 11.7. The molecule has 26 heavy (non-hydrogen) atoms. The molecule has 0 aliphatic carbocycles. The van der Waals surface area contributed by atoms with Gasteiger partial charge in [-0.2, -0.15) is 4.98 Å². The van der Waals surface area contributed by atoms with E-state index >= 15 is 0 Å². The van der Waals surface area contributed by atoms with Gasteiger partial charge in [0.05, 0.1) is 0 Å². The molecule has 1 aliphatic rings. The lowest BCUT2D eigenvalue weighted by atomic mass is 10.2. The number of hydrogen-bond acceptors (Lipinski definition) is 6. The van der Waals surface area contributed by atoms with Crippen molar-refractivity contribution in [1.29, 1.82) is 0 Å². The lowest BCUT2D eigenvalue weighted by Gasteiger charge is -2.39. The third-order valence-corrected chi connectivity index (χ3v) is 5.08. The van der Waals surface area contributed by atoms with Crippen molar-refractivity contribution in [3.05, 3.63) is 12.1 Å². The fourth-order valence-electron chi connectivity index (χ4n) is 3.64. The van der Waals surface area contributed by atoms with E-state index in [4.69, 9.17) is 10.5 Å². The number of nitrogen functional groups attached to an aromatic ring is 1. The van der Waals surface area contributed by atoms with Gasteiger partial charge in [0.15, 0.2) is 0 Å². The molecule has 6 nitrogen and oxygen atoms in total. The highest BCUT2D eigenvalue weighted by molar-refractivity contribution is 5.55. The van der Waals surface area contributed by atoms with Crippen LogP contribution in [-0.4, -0.2) is 73.2 Å². The summed E-state index contributed by atoms with van der Waals surface area (Å²) in [6.45, 7) is 17.1. The van der Waals surface area contributed by atoms with E-state index in [0.717, 1.165) is 64.3 Å². The van der Waals surface area contributed by atoms with Crippen molar-refractivity contribution < 1.29 is 6.16 Å². The molecule has 2 rings (SSSR count). The molecule has 0 bridgehead atoms. The first-order valence-corrected chi connectivity index (χ1v) is 10.2. The van der Waals surface area contributed by atoms with Gasteiger partial charge in [-0.05, 0) is 26.3 Å². The number of anilines is 2. The van der Waals surface area contributed by atoms with Crippen LogP contribution in [0.2, 0.25) is 0 Å². The molecule has 0 spiro atoms. The van der Waals surface area contributed by atoms with E-state index in [1.807, 2.05) is 12.1 Å². The van der Waals surface area contributed by atoms with Crippen LogP contribution in [-0.2, 0) is 0 Å². The molecule has 0 amide bonds. The van der Waals surface area contributed by atoms with Crippen LogP contribution >= 0.6 is 0 Å². The molecule has 1 unspecified atom stereocenters. The van der Waals surface area contributed by atoms with Gasteiger partial charge in [0.25, 0.3) is 0 Å². The van der Waals surface area contributed by atoms with E-state index in [2.05, 4.69) is 47.4 Å². The van der Waals surface area contributed by atoms with E-state index < -0.39 is 0 Å². The first-order chi connectivity index (χ1) is 12.6. The number of pyridine rings is 1. The summed E-state index contributed by atoms with van der Waals surface area (Å²) < 4.78 is 5.97. The topological polar surface area (TPSA) is 57.9 Å². The molecule has 1 aromatic rings. The molecule has 0 radical (unpaired) electrons. The predicted molar refractivity (Wildman–Crippen MR) is 112 cm³/mol. The maximum atomic E-state index is 6.02. The largest absolute Gasteiger partial charge is 0.476 e. The van der Waals surface area contributed by atoms with Gasteiger partial charge < -0.3 is 20.3 Å². The number of ether oxygens (including phenoxy) is 1. The minimum Gasteiger partial charge on any atom is -0.476 e. The lowest BCUT2D eigenvalue weighted by molar-refractivity contribution is 0.0743. The Hall–Kier alpha value is -1.53. The molecule has 1 fully saturated rings. The van der Waals surface area contributed by atoms with Crippen molar-refractivity contribution >= 4 is 11.5 Å². The number of piperazine rings is 1. The van der Waals surface area contributed by atoms with Gasteiger partial charge in [-0.3, -0.25) is 4.90 Å². The molecule has 0 aromatic carbocycles. The summed E-state index contributed by atoms with van der Waals surface area (Å²) >= 11 is 0. The number of likely N-dealkylation sites (N-methyl/N-ethyl adjacent to an activating group) is 1. The quantitative estimate of drug-likeness (QED) is 0.688. The van der Waals surface area contributed by atoms with E-state index in [9.17, 15) is 0 Å². The fourth-order valence-corrected chi connectivity index (χ4v) is 3.64. The number of nitrogens with two attached hydrogens (primary N) is 1. The molecule has 1 aliphatic heterocycles. The Balaban J connectivity index is 0.00000364. The third-order valence-electron chi connectivity index (χ3n) is 5.08. The standard InChI is InChI=1S/C20H37N5O.H2/c1-5-8-25(9-6-2)18-14-19(21)22-20(15-18)26-13-12-24-11-10-23(7-3)16-17(24)4;/h14-15,17H,5-13,16H2,1-4H3,(H2,21,22);1H. The van der Waals surface area contributed by atoms with Crippen molar-refractivity contribution in [2.75, 3.05) is 63.1 Å². The summed E-state index contributed by atoms with van der Waals surface area (Å²) in [6.07, 6.45) is 2.22. The van der Waals surface area contributed by atoms with Gasteiger partial charge in [-0.25, -0.2) is 0 Å². The second-order valence-electron chi connectivity index (χ2n) is 7.20. The second-order valence-corrected chi connectivity index (χ2v) is 7.20. The van der Waals surface area contributed by atoms with Crippen molar-refractivity contribution in [3.8, 4) is 5.88 Å². The SMILES string of the molecule is CCCN(CCC)c1cc(N)nc(OCCN2CCN(CC)CC2C)c1.[HH]. The maximum Gasteiger partial charge on any atom is 0.217 e. The summed E-state index contributed by atoms with van der Waals surface area (Å²) in [7, 11) is 0. The van der Waals surface area contributed by atoms with Crippen molar-refractivity contribution in [2.24, 2.45) is 0 Å². The molecule has 2 heterocycles. The monoisotopic (exact) mass is 365 g/mol. The Labute approximate surface area is 160 Å². The van der Waals surface area contributed by atoms with Crippen LogP contribution in [0.3, 0.4) is 0 Å². The van der Waals surface area contributed by atoms with E-state index in [-0.39, 0.29) is 1.43 Å². The van der Waals surface area contributed by atoms with Gasteiger partial charge in [0.1, 0.15) is 12.4 Å². The van der Waals surface area contributed by atoms with E-state index in [1.54, 1.807) is 0 Å². The summed E-state index contributed by atoms with van der Waals surface area (Å²) in [5.41, 5.74) is 7.14. The Bertz CT molecular complexity index is 539. The number of hydrogen-bond donors (Lipinski definition) is 1. The van der Waals surface area contributed by atoms with Gasteiger partial charge in [0.2, 0.25) is 5.88 Å². The molecule has 0 saturated carbocycles.